The zero-order valence-corrected chi connectivity index (χ0v) is 49.3. The number of rotatable bonds is 58. The number of ether oxygens (including phenoxy) is 4. The van der Waals surface area contributed by atoms with Crippen molar-refractivity contribution in [2.75, 3.05) is 47.5 Å². The fourth-order valence-corrected chi connectivity index (χ4v) is 9.07. The fourth-order valence-electron chi connectivity index (χ4n) is 9.07. The quantitative estimate of drug-likeness (QED) is 0.0211. The average molecular weight is 1040 g/mol. The highest BCUT2D eigenvalue weighted by atomic mass is 16.7. The van der Waals surface area contributed by atoms with Crippen molar-refractivity contribution in [1.82, 2.24) is 0 Å². The summed E-state index contributed by atoms with van der Waals surface area (Å²) in [4.78, 5) is 37.5. The van der Waals surface area contributed by atoms with Gasteiger partial charge in [-0.3, -0.25) is 9.59 Å². The third-order valence-corrected chi connectivity index (χ3v) is 13.8. The number of hydrogen-bond acceptors (Lipinski definition) is 7. The smallest absolute Gasteiger partial charge is 0.361 e. The topological polar surface area (TPSA) is 108 Å². The molecule has 1 N–H and O–H groups in total. The summed E-state index contributed by atoms with van der Waals surface area (Å²) in [5.74, 6) is -2.01. The van der Waals surface area contributed by atoms with Crippen LogP contribution in [0.2, 0.25) is 0 Å². The molecule has 0 heterocycles. The van der Waals surface area contributed by atoms with Gasteiger partial charge in [0.05, 0.1) is 34.4 Å². The Morgan fingerprint density at radius 1 is 0.419 bits per heavy atom. The van der Waals surface area contributed by atoms with Gasteiger partial charge < -0.3 is 28.5 Å². The number of nitrogens with zero attached hydrogens (tertiary/aromatic N) is 1. The molecule has 9 heteroatoms. The highest BCUT2D eigenvalue weighted by molar-refractivity contribution is 5.71. The fraction of sp³-hybridized carbons (Fsp3) is 0.831. The van der Waals surface area contributed by atoms with E-state index in [1.54, 1.807) is 0 Å². The Balaban J connectivity index is 4.11. The van der Waals surface area contributed by atoms with E-state index in [0.29, 0.717) is 23.9 Å². The van der Waals surface area contributed by atoms with Crippen LogP contribution in [-0.4, -0.2) is 87.4 Å². The molecule has 0 rings (SSSR count). The van der Waals surface area contributed by atoms with Crippen LogP contribution in [0.25, 0.3) is 0 Å². The van der Waals surface area contributed by atoms with Gasteiger partial charge in [0, 0.05) is 12.8 Å². The molecule has 0 spiro atoms. The summed E-state index contributed by atoms with van der Waals surface area (Å²) in [5, 5.41) is 9.71. The second-order valence-electron chi connectivity index (χ2n) is 22.3. The minimum atomic E-state index is -1.51. The zero-order chi connectivity index (χ0) is 54.1. The van der Waals surface area contributed by atoms with Crippen molar-refractivity contribution in [3.8, 4) is 0 Å². The molecule has 432 valence electrons. The SMILES string of the molecule is CC/C=C\C/C=C\C/C=C\C/C=C\CCCCCCCCC(=O)OC(COC(=O)CCCCCCCCCCCCCCCCCCCCCCCCCCCCCCCC)COC(OCC[N+](C)(C)C)C(=O)O. The maximum Gasteiger partial charge on any atom is 0.361 e. The molecule has 0 fully saturated rings. The van der Waals surface area contributed by atoms with Crippen molar-refractivity contribution < 1.29 is 42.9 Å². The van der Waals surface area contributed by atoms with Crippen LogP contribution >= 0.6 is 0 Å². The summed E-state index contributed by atoms with van der Waals surface area (Å²) in [5.41, 5.74) is 0. The van der Waals surface area contributed by atoms with E-state index >= 15 is 0 Å². The first-order valence-corrected chi connectivity index (χ1v) is 31.3. The van der Waals surface area contributed by atoms with Crippen molar-refractivity contribution in [2.24, 2.45) is 0 Å². The molecule has 2 unspecified atom stereocenters. The van der Waals surface area contributed by atoms with E-state index in [9.17, 15) is 19.5 Å². The van der Waals surface area contributed by atoms with Gasteiger partial charge in [-0.1, -0.05) is 274 Å². The standard InChI is InChI=1S/C65H119NO8/c1-6-8-10-12-14-16-18-20-22-24-26-27-28-29-30-31-32-33-34-35-36-38-39-41-43-45-47-49-51-53-55-62(67)72-59-61(60-73-65(64(69)70)71-58-57-66(3,4)5)74-63(68)56-54-52-50-48-46-44-42-40-37-25-23-21-19-17-15-13-11-9-7-2/h9,11,15,17,21,23,37,40,61,65H,6-8,10,12-14,16,18-20,22,24-36,38-39,41-60H2,1-5H3/p+1/b11-9-,17-15-,23-21-,40-37-. The second kappa shape index (κ2) is 56.5. The lowest BCUT2D eigenvalue weighted by Crippen LogP contribution is -2.40. The van der Waals surface area contributed by atoms with Gasteiger partial charge >= 0.3 is 17.9 Å². The van der Waals surface area contributed by atoms with Crippen LogP contribution in [0.15, 0.2) is 48.6 Å². The summed E-state index contributed by atoms with van der Waals surface area (Å²) >= 11 is 0. The van der Waals surface area contributed by atoms with Gasteiger partial charge in [0.25, 0.3) is 6.29 Å². The molecule has 0 aliphatic carbocycles. The van der Waals surface area contributed by atoms with E-state index in [2.05, 4.69) is 62.5 Å². The number of carboxylic acid groups (broad SMARTS) is 1. The minimum Gasteiger partial charge on any atom is -0.477 e. The normalized spacial score (nSPS) is 13.0. The lowest BCUT2D eigenvalue weighted by Gasteiger charge is -2.25. The van der Waals surface area contributed by atoms with Crippen molar-refractivity contribution >= 4 is 17.9 Å². The van der Waals surface area contributed by atoms with Crippen LogP contribution in [0.5, 0.6) is 0 Å². The van der Waals surface area contributed by atoms with E-state index in [1.807, 2.05) is 21.1 Å². The van der Waals surface area contributed by atoms with Crippen molar-refractivity contribution in [3.63, 3.8) is 0 Å². The number of likely N-dealkylation sites (N-methyl/N-ethyl adjacent to an activating group) is 1. The maximum atomic E-state index is 12.9. The molecular weight excluding hydrogens is 923 g/mol. The molecule has 0 aromatic carbocycles. The zero-order valence-electron chi connectivity index (χ0n) is 49.3. The Hall–Kier alpha value is -2.75. The van der Waals surface area contributed by atoms with E-state index in [4.69, 9.17) is 18.9 Å². The molecule has 0 bridgehead atoms. The van der Waals surface area contributed by atoms with E-state index in [0.717, 1.165) is 83.5 Å². The molecule has 0 saturated carbocycles. The van der Waals surface area contributed by atoms with Gasteiger partial charge in [0.15, 0.2) is 6.10 Å². The van der Waals surface area contributed by atoms with E-state index in [-0.39, 0.29) is 32.2 Å². The second-order valence-corrected chi connectivity index (χ2v) is 22.3. The van der Waals surface area contributed by atoms with Gasteiger partial charge in [-0.2, -0.15) is 0 Å². The lowest BCUT2D eigenvalue weighted by atomic mass is 10.0. The number of carbonyl (C=O) groups excluding carboxylic acids is 2. The summed E-state index contributed by atoms with van der Waals surface area (Å²) in [6.07, 6.45) is 67.9. The largest absolute Gasteiger partial charge is 0.477 e. The van der Waals surface area contributed by atoms with E-state index in [1.165, 1.54) is 173 Å². The maximum absolute atomic E-state index is 12.9. The van der Waals surface area contributed by atoms with Crippen LogP contribution in [0.4, 0.5) is 0 Å². The van der Waals surface area contributed by atoms with Gasteiger partial charge in [0.1, 0.15) is 13.2 Å². The van der Waals surface area contributed by atoms with Gasteiger partial charge in [-0.25, -0.2) is 4.79 Å². The number of quaternary nitrogens is 1. The summed E-state index contributed by atoms with van der Waals surface area (Å²) in [7, 11) is 5.97. The Morgan fingerprint density at radius 2 is 0.770 bits per heavy atom. The molecular formula is C65H120NO8+. The molecule has 0 aromatic heterocycles. The molecule has 9 nitrogen and oxygen atoms in total. The number of carboxylic acids is 1. The average Bonchev–Trinajstić information content (AvgIpc) is 3.37. The molecule has 0 aromatic rings. The van der Waals surface area contributed by atoms with Crippen LogP contribution in [0, 0.1) is 0 Å². The summed E-state index contributed by atoms with van der Waals surface area (Å²) in [6, 6.07) is 0. The highest BCUT2D eigenvalue weighted by Crippen LogP contribution is 2.18. The lowest BCUT2D eigenvalue weighted by molar-refractivity contribution is -0.870. The molecule has 0 radical (unpaired) electrons. The van der Waals surface area contributed by atoms with Crippen molar-refractivity contribution in [1.29, 1.82) is 0 Å². The number of aliphatic carboxylic acids is 1. The number of allylic oxidation sites excluding steroid dienone is 8. The van der Waals surface area contributed by atoms with Crippen molar-refractivity contribution in [3.05, 3.63) is 48.6 Å². The first-order chi connectivity index (χ1) is 36.1. The van der Waals surface area contributed by atoms with Gasteiger partial charge in [-0.05, 0) is 51.4 Å². The molecule has 0 amide bonds. The molecule has 0 aliphatic rings. The highest BCUT2D eigenvalue weighted by Gasteiger charge is 2.25. The summed E-state index contributed by atoms with van der Waals surface area (Å²) < 4.78 is 22.9. The number of esters is 2. The predicted octanol–water partition coefficient (Wildman–Crippen LogP) is 18.6. The number of hydrogen-bond donors (Lipinski definition) is 1. The predicted molar refractivity (Wildman–Crippen MR) is 314 cm³/mol. The minimum absolute atomic E-state index is 0.185. The molecule has 74 heavy (non-hydrogen) atoms. The monoisotopic (exact) mass is 1040 g/mol. The van der Waals surface area contributed by atoms with Crippen molar-refractivity contribution in [2.45, 2.75) is 302 Å². The molecule has 2 atom stereocenters. The molecule has 0 aliphatic heterocycles. The Morgan fingerprint density at radius 3 is 1.15 bits per heavy atom. The van der Waals surface area contributed by atoms with Gasteiger partial charge in [0.2, 0.25) is 0 Å². The van der Waals surface area contributed by atoms with Gasteiger partial charge in [-0.15, -0.1) is 0 Å². The van der Waals surface area contributed by atoms with Crippen LogP contribution in [-0.2, 0) is 33.3 Å². The Bertz CT molecular complexity index is 1350. The first kappa shape index (κ1) is 71.2. The van der Waals surface area contributed by atoms with E-state index < -0.39 is 24.3 Å². The first-order valence-electron chi connectivity index (χ1n) is 31.3. The van der Waals surface area contributed by atoms with Crippen LogP contribution < -0.4 is 0 Å². The summed E-state index contributed by atoms with van der Waals surface area (Å²) in [6.45, 7) is 4.79. The van der Waals surface area contributed by atoms with Crippen LogP contribution in [0.1, 0.15) is 290 Å². The third-order valence-electron chi connectivity index (χ3n) is 13.8. The molecule has 0 saturated heterocycles. The third kappa shape index (κ3) is 57.0. The van der Waals surface area contributed by atoms with Crippen LogP contribution in [0.3, 0.4) is 0 Å². The number of unbranched alkanes of at least 4 members (excludes halogenated alkanes) is 35. The Labute approximate surface area is 457 Å². The number of carbonyl (C=O) groups is 3. The Kier molecular flexibility index (Phi) is 54.4.